The molecule has 0 spiro atoms. The van der Waals surface area contributed by atoms with E-state index in [1.54, 1.807) is 12.1 Å². The molecule has 0 aliphatic carbocycles. The Morgan fingerprint density at radius 3 is 2.28 bits per heavy atom. The monoisotopic (exact) mass is 314 g/mol. The van der Waals surface area contributed by atoms with Crippen LogP contribution in [0, 0.1) is 0 Å². The third-order valence-electron chi connectivity index (χ3n) is 2.74. The van der Waals surface area contributed by atoms with Crippen LogP contribution in [0.4, 0.5) is 0 Å². The lowest BCUT2D eigenvalue weighted by molar-refractivity contribution is 0.0497. The van der Waals surface area contributed by atoms with Gasteiger partial charge in [0.25, 0.3) is 0 Å². The highest BCUT2D eigenvalue weighted by atomic mass is 79.9. The standard InChI is InChI=1S/C15H22O2.BrH/c1-2-3-4-5-6-10-13-17-15(16)14-11-8-7-9-12-14;/h7-9,11-12H,2-6,10,13H2,1H3;1H. The fourth-order valence-electron chi connectivity index (χ4n) is 1.70. The average Bonchev–Trinajstić information content (AvgIpc) is 2.38. The van der Waals surface area contributed by atoms with Crippen LogP contribution in [-0.4, -0.2) is 12.6 Å². The lowest BCUT2D eigenvalue weighted by Crippen LogP contribution is -2.06. The van der Waals surface area contributed by atoms with Gasteiger partial charge in [-0.25, -0.2) is 4.79 Å². The fraction of sp³-hybridized carbons (Fsp3) is 0.533. The zero-order chi connectivity index (χ0) is 12.3. The number of benzene rings is 1. The molecule has 0 saturated carbocycles. The normalized spacial score (nSPS) is 9.61. The summed E-state index contributed by atoms with van der Waals surface area (Å²) in [6.07, 6.45) is 7.25. The van der Waals surface area contributed by atoms with Crippen molar-refractivity contribution in [1.29, 1.82) is 0 Å². The largest absolute Gasteiger partial charge is 0.462 e. The molecule has 1 aromatic carbocycles. The minimum atomic E-state index is -0.209. The van der Waals surface area contributed by atoms with E-state index in [0.29, 0.717) is 12.2 Å². The van der Waals surface area contributed by atoms with Crippen molar-refractivity contribution < 1.29 is 9.53 Å². The van der Waals surface area contributed by atoms with Crippen LogP contribution < -0.4 is 0 Å². The first-order chi connectivity index (χ1) is 8.34. The van der Waals surface area contributed by atoms with E-state index in [0.717, 1.165) is 12.8 Å². The zero-order valence-electron chi connectivity index (χ0n) is 11.1. The molecule has 0 aliphatic heterocycles. The van der Waals surface area contributed by atoms with Crippen LogP contribution in [0.1, 0.15) is 55.8 Å². The molecule has 18 heavy (non-hydrogen) atoms. The number of halogens is 1. The van der Waals surface area contributed by atoms with Crippen LogP contribution in [-0.2, 0) is 4.74 Å². The number of rotatable bonds is 8. The van der Waals surface area contributed by atoms with Gasteiger partial charge in [-0.05, 0) is 18.6 Å². The summed E-state index contributed by atoms with van der Waals surface area (Å²) in [5.74, 6) is -0.209. The van der Waals surface area contributed by atoms with E-state index in [2.05, 4.69) is 6.92 Å². The van der Waals surface area contributed by atoms with Gasteiger partial charge in [0.05, 0.1) is 12.2 Å². The number of carbonyl (C=O) groups excluding carboxylic acids is 1. The molecule has 102 valence electrons. The first kappa shape index (κ1) is 17.2. The highest BCUT2D eigenvalue weighted by molar-refractivity contribution is 8.93. The maximum atomic E-state index is 11.6. The number of esters is 1. The molecule has 0 heterocycles. The van der Waals surface area contributed by atoms with Gasteiger partial charge < -0.3 is 4.74 Å². The molecule has 0 atom stereocenters. The summed E-state index contributed by atoms with van der Waals surface area (Å²) in [5.41, 5.74) is 0.637. The maximum absolute atomic E-state index is 11.6. The van der Waals surface area contributed by atoms with Gasteiger partial charge >= 0.3 is 5.97 Å². The molecular formula is C15H23BrO2. The van der Waals surface area contributed by atoms with Crippen molar-refractivity contribution in [2.24, 2.45) is 0 Å². The van der Waals surface area contributed by atoms with Crippen LogP contribution in [0.15, 0.2) is 30.3 Å². The van der Waals surface area contributed by atoms with Crippen molar-refractivity contribution in [1.82, 2.24) is 0 Å². The molecule has 0 aromatic heterocycles. The van der Waals surface area contributed by atoms with Gasteiger partial charge in [0, 0.05) is 0 Å². The van der Waals surface area contributed by atoms with Crippen molar-refractivity contribution in [3.05, 3.63) is 35.9 Å². The molecule has 0 amide bonds. The smallest absolute Gasteiger partial charge is 0.338 e. The molecule has 2 nitrogen and oxygen atoms in total. The summed E-state index contributed by atoms with van der Waals surface area (Å²) in [5, 5.41) is 0. The number of hydrogen-bond donors (Lipinski definition) is 0. The topological polar surface area (TPSA) is 26.3 Å². The van der Waals surface area contributed by atoms with E-state index in [9.17, 15) is 4.79 Å². The Kier molecular flexibility index (Phi) is 10.8. The van der Waals surface area contributed by atoms with Gasteiger partial charge in [-0.3, -0.25) is 0 Å². The van der Waals surface area contributed by atoms with Crippen molar-refractivity contribution in [3.8, 4) is 0 Å². The summed E-state index contributed by atoms with van der Waals surface area (Å²) in [6.45, 7) is 2.75. The first-order valence-electron chi connectivity index (χ1n) is 6.56. The molecule has 0 unspecified atom stereocenters. The van der Waals surface area contributed by atoms with E-state index >= 15 is 0 Å². The van der Waals surface area contributed by atoms with E-state index in [1.165, 1.54) is 25.7 Å². The van der Waals surface area contributed by atoms with Crippen molar-refractivity contribution in [3.63, 3.8) is 0 Å². The molecule has 0 bridgehead atoms. The maximum Gasteiger partial charge on any atom is 0.338 e. The van der Waals surface area contributed by atoms with Crippen LogP contribution in [0.2, 0.25) is 0 Å². The molecule has 0 aliphatic rings. The fourth-order valence-corrected chi connectivity index (χ4v) is 1.70. The molecular weight excluding hydrogens is 292 g/mol. The number of carbonyl (C=O) groups is 1. The summed E-state index contributed by atoms with van der Waals surface area (Å²) < 4.78 is 5.20. The Balaban J connectivity index is 0.00000289. The zero-order valence-corrected chi connectivity index (χ0v) is 12.8. The first-order valence-corrected chi connectivity index (χ1v) is 6.56. The predicted molar refractivity (Wildman–Crippen MR) is 80.4 cm³/mol. The van der Waals surface area contributed by atoms with Crippen molar-refractivity contribution >= 4 is 23.0 Å². The van der Waals surface area contributed by atoms with Crippen molar-refractivity contribution in [2.45, 2.75) is 45.4 Å². The summed E-state index contributed by atoms with van der Waals surface area (Å²) in [6, 6.07) is 9.15. The molecule has 1 aromatic rings. The van der Waals surface area contributed by atoms with E-state index in [4.69, 9.17) is 4.74 Å². The van der Waals surface area contributed by atoms with Crippen LogP contribution >= 0.6 is 17.0 Å². The lowest BCUT2D eigenvalue weighted by atomic mass is 10.1. The Morgan fingerprint density at radius 1 is 1.00 bits per heavy atom. The van der Waals surface area contributed by atoms with Gasteiger partial charge in [-0.2, -0.15) is 0 Å². The van der Waals surface area contributed by atoms with Gasteiger partial charge in [0.1, 0.15) is 0 Å². The second-order valence-electron chi connectivity index (χ2n) is 4.27. The predicted octanol–water partition coefficient (Wildman–Crippen LogP) is 4.78. The van der Waals surface area contributed by atoms with Crippen LogP contribution in [0.5, 0.6) is 0 Å². The number of ether oxygens (including phenoxy) is 1. The summed E-state index contributed by atoms with van der Waals surface area (Å²) >= 11 is 0. The quantitative estimate of drug-likeness (QED) is 0.510. The van der Waals surface area contributed by atoms with E-state index in [1.807, 2.05) is 18.2 Å². The Labute approximate surface area is 121 Å². The Morgan fingerprint density at radius 2 is 1.61 bits per heavy atom. The van der Waals surface area contributed by atoms with Crippen LogP contribution in [0.25, 0.3) is 0 Å². The average molecular weight is 315 g/mol. The molecule has 0 radical (unpaired) electrons. The number of unbranched alkanes of at least 4 members (excludes halogenated alkanes) is 5. The number of hydrogen-bond acceptors (Lipinski definition) is 2. The minimum absolute atomic E-state index is 0. The van der Waals surface area contributed by atoms with Gasteiger partial charge in [0.15, 0.2) is 0 Å². The van der Waals surface area contributed by atoms with Crippen LogP contribution in [0.3, 0.4) is 0 Å². The SMILES string of the molecule is Br.CCCCCCCCOC(=O)c1ccccc1. The highest BCUT2D eigenvalue weighted by Crippen LogP contribution is 2.06. The van der Waals surface area contributed by atoms with E-state index in [-0.39, 0.29) is 23.0 Å². The van der Waals surface area contributed by atoms with E-state index < -0.39 is 0 Å². The highest BCUT2D eigenvalue weighted by Gasteiger charge is 2.04. The lowest BCUT2D eigenvalue weighted by Gasteiger charge is -2.04. The van der Waals surface area contributed by atoms with Gasteiger partial charge in [-0.1, -0.05) is 57.2 Å². The van der Waals surface area contributed by atoms with Gasteiger partial charge in [0.2, 0.25) is 0 Å². The molecule has 3 heteroatoms. The molecule has 0 fully saturated rings. The third-order valence-corrected chi connectivity index (χ3v) is 2.74. The Hall–Kier alpha value is -0.830. The second-order valence-corrected chi connectivity index (χ2v) is 4.27. The van der Waals surface area contributed by atoms with Gasteiger partial charge in [-0.15, -0.1) is 17.0 Å². The Bertz CT molecular complexity index is 312. The molecule has 0 N–H and O–H groups in total. The molecule has 0 saturated heterocycles. The summed E-state index contributed by atoms with van der Waals surface area (Å²) in [4.78, 5) is 11.6. The summed E-state index contributed by atoms with van der Waals surface area (Å²) in [7, 11) is 0. The second kappa shape index (κ2) is 11.3. The molecule has 1 rings (SSSR count). The van der Waals surface area contributed by atoms with Crippen molar-refractivity contribution in [2.75, 3.05) is 6.61 Å². The minimum Gasteiger partial charge on any atom is -0.462 e. The third kappa shape index (κ3) is 7.49.